The van der Waals surface area contributed by atoms with E-state index < -0.39 is 0 Å². The molecule has 5 nitrogen and oxygen atoms in total. The summed E-state index contributed by atoms with van der Waals surface area (Å²) in [5.74, 6) is 1.71. The molecule has 26 heavy (non-hydrogen) atoms. The summed E-state index contributed by atoms with van der Waals surface area (Å²) in [5.41, 5.74) is 5.87. The Hall–Kier alpha value is -2.95. The second-order valence-electron chi connectivity index (χ2n) is 6.79. The van der Waals surface area contributed by atoms with Crippen molar-refractivity contribution in [1.29, 1.82) is 0 Å². The van der Waals surface area contributed by atoms with E-state index in [0.29, 0.717) is 0 Å². The van der Waals surface area contributed by atoms with Crippen LogP contribution in [0.4, 0.5) is 11.5 Å². The molecule has 0 saturated carbocycles. The first-order chi connectivity index (χ1) is 12.7. The topological polar surface area (TPSA) is 53.9 Å². The fraction of sp³-hybridized carbons (Fsp3) is 0.286. The van der Waals surface area contributed by atoms with E-state index in [-0.39, 0.29) is 0 Å². The van der Waals surface area contributed by atoms with Gasteiger partial charge in [0.1, 0.15) is 5.82 Å². The van der Waals surface area contributed by atoms with Crippen molar-refractivity contribution < 1.29 is 0 Å². The zero-order chi connectivity index (χ0) is 17.9. The van der Waals surface area contributed by atoms with Gasteiger partial charge < -0.3 is 10.2 Å². The molecule has 5 heteroatoms. The summed E-state index contributed by atoms with van der Waals surface area (Å²) in [6.07, 6.45) is 6.80. The first-order valence-corrected chi connectivity index (χ1v) is 9.01. The highest BCUT2D eigenvalue weighted by Gasteiger charge is 2.20. The molecule has 0 aliphatic heterocycles. The first kappa shape index (κ1) is 16.5. The molecule has 1 aliphatic carbocycles. The average Bonchev–Trinajstić information content (AvgIpc) is 3.15. The Kier molecular flexibility index (Phi) is 4.52. The van der Waals surface area contributed by atoms with Crippen LogP contribution in [0, 0.1) is 0 Å². The molecule has 4 rings (SSSR count). The normalized spacial score (nSPS) is 12.7. The monoisotopic (exact) mass is 345 g/mol. The van der Waals surface area contributed by atoms with Crippen LogP contribution in [0.1, 0.15) is 23.2 Å². The molecule has 0 bridgehead atoms. The lowest BCUT2D eigenvalue weighted by atomic mass is 10.1. The van der Waals surface area contributed by atoms with E-state index in [1.54, 1.807) is 6.20 Å². The Morgan fingerprint density at radius 1 is 1.04 bits per heavy atom. The molecule has 0 atom stereocenters. The zero-order valence-electron chi connectivity index (χ0n) is 15.2. The van der Waals surface area contributed by atoms with Crippen LogP contribution in [0.5, 0.6) is 0 Å². The van der Waals surface area contributed by atoms with E-state index in [1.165, 1.54) is 22.5 Å². The lowest BCUT2D eigenvalue weighted by Gasteiger charge is -2.18. The summed E-state index contributed by atoms with van der Waals surface area (Å²) in [7, 11) is 4.14. The third-order valence-corrected chi connectivity index (χ3v) is 4.77. The molecule has 0 saturated heterocycles. The lowest BCUT2D eigenvalue weighted by Crippen LogP contribution is -2.14. The Bertz CT molecular complexity index is 906. The number of rotatable bonds is 5. The fourth-order valence-electron chi connectivity index (χ4n) is 3.48. The van der Waals surface area contributed by atoms with Crippen LogP contribution in [0.2, 0.25) is 0 Å². The number of hydrogen-bond acceptors (Lipinski definition) is 5. The quantitative estimate of drug-likeness (QED) is 0.764. The minimum atomic E-state index is 0.740. The molecule has 132 valence electrons. The predicted octanol–water partition coefficient (Wildman–Crippen LogP) is 3.71. The number of benzene rings is 1. The highest BCUT2D eigenvalue weighted by Crippen LogP contribution is 2.30. The molecule has 1 aliphatic rings. The Labute approximate surface area is 154 Å². The molecule has 0 radical (unpaired) electrons. The third-order valence-electron chi connectivity index (χ3n) is 4.77. The standard InChI is InChI=1S/C21H23N5/c1-26(2)19-11-4-3-7-15(19)14-23-21-17-9-5-10-18(17)24-20(25-21)16-8-6-12-22-13-16/h3-4,6-8,11-13H,5,9-10,14H2,1-2H3,(H,23,24,25). The first-order valence-electron chi connectivity index (χ1n) is 9.01. The second-order valence-corrected chi connectivity index (χ2v) is 6.79. The van der Waals surface area contributed by atoms with Crippen molar-refractivity contribution in [3.05, 3.63) is 65.6 Å². The largest absolute Gasteiger partial charge is 0.377 e. The number of nitrogens with zero attached hydrogens (tertiary/aromatic N) is 4. The molecular weight excluding hydrogens is 322 g/mol. The summed E-state index contributed by atoms with van der Waals surface area (Å²) < 4.78 is 0. The van der Waals surface area contributed by atoms with Crippen LogP contribution in [0.3, 0.4) is 0 Å². The van der Waals surface area contributed by atoms with Crippen LogP contribution in [0.15, 0.2) is 48.8 Å². The smallest absolute Gasteiger partial charge is 0.163 e. The minimum Gasteiger partial charge on any atom is -0.377 e. The van der Waals surface area contributed by atoms with Gasteiger partial charge in [0.25, 0.3) is 0 Å². The number of aryl methyl sites for hydroxylation is 1. The molecule has 0 spiro atoms. The maximum absolute atomic E-state index is 4.83. The Balaban J connectivity index is 1.66. The van der Waals surface area contributed by atoms with Gasteiger partial charge in [-0.1, -0.05) is 18.2 Å². The maximum Gasteiger partial charge on any atom is 0.163 e. The summed E-state index contributed by atoms with van der Waals surface area (Å²) in [4.78, 5) is 16.0. The number of aromatic nitrogens is 3. The highest BCUT2D eigenvalue weighted by atomic mass is 15.1. The number of fused-ring (bicyclic) bond motifs is 1. The van der Waals surface area contributed by atoms with Crippen LogP contribution in [0.25, 0.3) is 11.4 Å². The molecular formula is C21H23N5. The second kappa shape index (κ2) is 7.12. The molecule has 2 heterocycles. The fourth-order valence-corrected chi connectivity index (χ4v) is 3.48. The van der Waals surface area contributed by atoms with Gasteiger partial charge in [-0.15, -0.1) is 0 Å². The number of anilines is 2. The third kappa shape index (κ3) is 3.25. The molecule has 3 aromatic rings. The Morgan fingerprint density at radius 3 is 2.73 bits per heavy atom. The number of pyridine rings is 1. The van der Waals surface area contributed by atoms with Crippen molar-refractivity contribution in [3.63, 3.8) is 0 Å². The van der Waals surface area contributed by atoms with Gasteiger partial charge in [0.2, 0.25) is 0 Å². The molecule has 0 unspecified atom stereocenters. The van der Waals surface area contributed by atoms with E-state index in [0.717, 1.165) is 43.0 Å². The SMILES string of the molecule is CN(C)c1ccccc1CNc1nc(-c2cccnc2)nc2c1CCC2. The number of nitrogens with one attached hydrogen (secondary N) is 1. The van der Waals surface area contributed by atoms with E-state index in [1.807, 2.05) is 18.3 Å². The van der Waals surface area contributed by atoms with Gasteiger partial charge in [-0.05, 0) is 43.0 Å². The van der Waals surface area contributed by atoms with Gasteiger partial charge in [0, 0.05) is 55.5 Å². The van der Waals surface area contributed by atoms with Crippen molar-refractivity contribution in [3.8, 4) is 11.4 Å². The molecule has 0 fully saturated rings. The summed E-state index contributed by atoms with van der Waals surface area (Å²) in [6.45, 7) is 0.740. The van der Waals surface area contributed by atoms with E-state index in [4.69, 9.17) is 9.97 Å². The van der Waals surface area contributed by atoms with E-state index in [2.05, 4.69) is 53.6 Å². The van der Waals surface area contributed by atoms with E-state index in [9.17, 15) is 0 Å². The Morgan fingerprint density at radius 2 is 1.92 bits per heavy atom. The predicted molar refractivity (Wildman–Crippen MR) is 105 cm³/mol. The number of hydrogen-bond donors (Lipinski definition) is 1. The van der Waals surface area contributed by atoms with Gasteiger partial charge in [0.05, 0.1) is 0 Å². The van der Waals surface area contributed by atoms with Crippen molar-refractivity contribution in [1.82, 2.24) is 15.0 Å². The van der Waals surface area contributed by atoms with Gasteiger partial charge in [-0.2, -0.15) is 0 Å². The van der Waals surface area contributed by atoms with Crippen molar-refractivity contribution in [2.24, 2.45) is 0 Å². The molecule has 2 aromatic heterocycles. The highest BCUT2D eigenvalue weighted by molar-refractivity contribution is 5.61. The van der Waals surface area contributed by atoms with Crippen LogP contribution >= 0.6 is 0 Å². The maximum atomic E-state index is 4.83. The van der Waals surface area contributed by atoms with Crippen molar-refractivity contribution in [2.45, 2.75) is 25.8 Å². The lowest BCUT2D eigenvalue weighted by molar-refractivity contribution is 0.899. The average molecular weight is 345 g/mol. The van der Waals surface area contributed by atoms with Gasteiger partial charge in [-0.25, -0.2) is 9.97 Å². The van der Waals surface area contributed by atoms with E-state index >= 15 is 0 Å². The van der Waals surface area contributed by atoms with Crippen LogP contribution in [-0.4, -0.2) is 29.0 Å². The molecule has 0 amide bonds. The van der Waals surface area contributed by atoms with Gasteiger partial charge >= 0.3 is 0 Å². The van der Waals surface area contributed by atoms with Crippen LogP contribution in [-0.2, 0) is 19.4 Å². The molecule has 1 aromatic carbocycles. The zero-order valence-corrected chi connectivity index (χ0v) is 15.2. The van der Waals surface area contributed by atoms with Gasteiger partial charge in [-0.3, -0.25) is 4.98 Å². The summed E-state index contributed by atoms with van der Waals surface area (Å²) in [6, 6.07) is 12.4. The van der Waals surface area contributed by atoms with Crippen molar-refractivity contribution in [2.75, 3.05) is 24.3 Å². The van der Waals surface area contributed by atoms with Gasteiger partial charge in [0.15, 0.2) is 5.82 Å². The molecule has 1 N–H and O–H groups in total. The summed E-state index contributed by atoms with van der Waals surface area (Å²) >= 11 is 0. The number of para-hydroxylation sites is 1. The minimum absolute atomic E-state index is 0.740. The summed E-state index contributed by atoms with van der Waals surface area (Å²) in [5, 5.41) is 3.57. The van der Waals surface area contributed by atoms with Crippen molar-refractivity contribution >= 4 is 11.5 Å². The van der Waals surface area contributed by atoms with Crippen LogP contribution < -0.4 is 10.2 Å².